The van der Waals surface area contributed by atoms with Gasteiger partial charge in [-0.1, -0.05) is 6.07 Å². The van der Waals surface area contributed by atoms with Gasteiger partial charge in [0.15, 0.2) is 0 Å². The molecule has 0 spiro atoms. The maximum absolute atomic E-state index is 12.2. The molecule has 112 valence electrons. The van der Waals surface area contributed by atoms with Gasteiger partial charge in [0.2, 0.25) is 5.91 Å². The van der Waals surface area contributed by atoms with Crippen LogP contribution in [0.1, 0.15) is 41.0 Å². The minimum Gasteiger partial charge on any atom is -0.398 e. The monoisotopic (exact) mass is 289 g/mol. The zero-order valence-electron chi connectivity index (χ0n) is 12.3. The van der Waals surface area contributed by atoms with E-state index in [2.05, 4.69) is 0 Å². The summed E-state index contributed by atoms with van der Waals surface area (Å²) in [7, 11) is 0. The number of anilines is 1. The average Bonchev–Trinajstić information content (AvgIpc) is 2.71. The number of hydrogen-bond acceptors (Lipinski definition) is 4. The van der Waals surface area contributed by atoms with Crippen LogP contribution >= 0.6 is 0 Å². The van der Waals surface area contributed by atoms with E-state index in [1.807, 2.05) is 13.8 Å². The van der Waals surface area contributed by atoms with Crippen molar-refractivity contribution in [1.29, 1.82) is 0 Å². The van der Waals surface area contributed by atoms with E-state index in [9.17, 15) is 14.4 Å². The van der Waals surface area contributed by atoms with Crippen molar-refractivity contribution in [2.75, 3.05) is 25.4 Å². The number of nitrogen functional groups attached to an aromatic ring is 1. The molecular formula is C15H19N3O3. The third-order valence-corrected chi connectivity index (χ3v) is 3.70. The lowest BCUT2D eigenvalue weighted by atomic mass is 10.1. The Morgan fingerprint density at radius 1 is 1.19 bits per heavy atom. The molecule has 0 radical (unpaired) electrons. The van der Waals surface area contributed by atoms with Crippen LogP contribution in [0.4, 0.5) is 5.69 Å². The van der Waals surface area contributed by atoms with E-state index in [0.29, 0.717) is 24.3 Å². The number of imide groups is 1. The van der Waals surface area contributed by atoms with Crippen molar-refractivity contribution in [1.82, 2.24) is 9.80 Å². The van der Waals surface area contributed by atoms with Gasteiger partial charge in [0, 0.05) is 31.7 Å². The molecule has 1 aliphatic rings. The number of hydrogen-bond donors (Lipinski definition) is 1. The van der Waals surface area contributed by atoms with Gasteiger partial charge in [-0.15, -0.1) is 0 Å². The van der Waals surface area contributed by atoms with Gasteiger partial charge < -0.3 is 10.6 Å². The van der Waals surface area contributed by atoms with Crippen LogP contribution in [0.15, 0.2) is 18.2 Å². The van der Waals surface area contributed by atoms with Gasteiger partial charge in [0.25, 0.3) is 11.8 Å². The van der Waals surface area contributed by atoms with Crippen LogP contribution < -0.4 is 5.73 Å². The Hall–Kier alpha value is -2.37. The molecule has 1 aromatic carbocycles. The first kappa shape index (κ1) is 15.0. The van der Waals surface area contributed by atoms with Crippen molar-refractivity contribution >= 4 is 23.4 Å². The molecule has 0 atom stereocenters. The smallest absolute Gasteiger partial charge is 0.263 e. The summed E-state index contributed by atoms with van der Waals surface area (Å²) >= 11 is 0. The first-order valence-electron chi connectivity index (χ1n) is 7.03. The third-order valence-electron chi connectivity index (χ3n) is 3.70. The van der Waals surface area contributed by atoms with Crippen LogP contribution in [-0.4, -0.2) is 47.2 Å². The number of carbonyl (C=O) groups is 3. The third kappa shape index (κ3) is 2.61. The topological polar surface area (TPSA) is 83.7 Å². The van der Waals surface area contributed by atoms with Crippen LogP contribution in [0.2, 0.25) is 0 Å². The number of nitrogens with two attached hydrogens (primary N) is 1. The maximum atomic E-state index is 12.2. The fraction of sp³-hybridized carbons (Fsp3) is 0.400. The molecule has 0 aromatic heterocycles. The summed E-state index contributed by atoms with van der Waals surface area (Å²) in [6.07, 6.45) is 0.132. The SMILES string of the molecule is CCN(CC)C(=O)CCN1C(=O)c2cccc(N)c2C1=O. The summed E-state index contributed by atoms with van der Waals surface area (Å²) in [5.74, 6) is -0.861. The highest BCUT2D eigenvalue weighted by atomic mass is 16.2. The summed E-state index contributed by atoms with van der Waals surface area (Å²) in [6.45, 7) is 5.10. The molecule has 0 saturated heterocycles. The molecule has 0 fully saturated rings. The van der Waals surface area contributed by atoms with E-state index in [-0.39, 0.29) is 30.3 Å². The molecule has 0 aliphatic carbocycles. The molecule has 1 heterocycles. The summed E-state index contributed by atoms with van der Waals surface area (Å²) < 4.78 is 0. The number of amides is 3. The first-order chi connectivity index (χ1) is 10.0. The van der Waals surface area contributed by atoms with Gasteiger partial charge in [0.05, 0.1) is 11.1 Å². The van der Waals surface area contributed by atoms with Crippen molar-refractivity contribution in [3.05, 3.63) is 29.3 Å². The van der Waals surface area contributed by atoms with Crippen LogP contribution in [-0.2, 0) is 4.79 Å². The maximum Gasteiger partial charge on any atom is 0.263 e. The lowest BCUT2D eigenvalue weighted by Crippen LogP contribution is -2.36. The van der Waals surface area contributed by atoms with Gasteiger partial charge in [-0.3, -0.25) is 19.3 Å². The Labute approximate surface area is 123 Å². The zero-order chi connectivity index (χ0) is 15.6. The zero-order valence-corrected chi connectivity index (χ0v) is 12.3. The highest BCUT2D eigenvalue weighted by Crippen LogP contribution is 2.27. The fourth-order valence-electron chi connectivity index (χ4n) is 2.50. The van der Waals surface area contributed by atoms with Crippen molar-refractivity contribution in [2.45, 2.75) is 20.3 Å². The molecule has 6 heteroatoms. The van der Waals surface area contributed by atoms with E-state index in [1.165, 1.54) is 0 Å². The lowest BCUT2D eigenvalue weighted by molar-refractivity contribution is -0.130. The number of nitrogens with zero attached hydrogens (tertiary/aromatic N) is 2. The molecule has 2 rings (SSSR count). The summed E-state index contributed by atoms with van der Waals surface area (Å²) in [6, 6.07) is 4.82. The standard InChI is InChI=1S/C15H19N3O3/c1-3-17(4-2)12(19)8-9-18-14(20)10-6-5-7-11(16)13(10)15(18)21/h5-7H,3-4,8-9,16H2,1-2H3. The Morgan fingerprint density at radius 2 is 1.86 bits per heavy atom. The van der Waals surface area contributed by atoms with Crippen molar-refractivity contribution < 1.29 is 14.4 Å². The largest absolute Gasteiger partial charge is 0.398 e. The number of fused-ring (bicyclic) bond motifs is 1. The molecule has 1 aliphatic heterocycles. The van der Waals surface area contributed by atoms with Gasteiger partial charge >= 0.3 is 0 Å². The van der Waals surface area contributed by atoms with Crippen LogP contribution in [0.25, 0.3) is 0 Å². The predicted octanol–water partition coefficient (Wildman–Crippen LogP) is 1.12. The van der Waals surface area contributed by atoms with Crippen molar-refractivity contribution in [2.24, 2.45) is 0 Å². The summed E-state index contributed by atoms with van der Waals surface area (Å²) in [5.41, 5.74) is 6.62. The van der Waals surface area contributed by atoms with E-state index in [0.717, 1.165) is 4.90 Å². The Bertz CT molecular complexity index is 594. The van der Waals surface area contributed by atoms with E-state index in [1.54, 1.807) is 23.1 Å². The normalized spacial score (nSPS) is 13.5. The second-order valence-electron chi connectivity index (χ2n) is 4.85. The summed E-state index contributed by atoms with van der Waals surface area (Å²) in [4.78, 5) is 39.2. The second kappa shape index (κ2) is 5.95. The molecule has 21 heavy (non-hydrogen) atoms. The molecule has 3 amide bonds. The van der Waals surface area contributed by atoms with E-state index >= 15 is 0 Å². The molecular weight excluding hydrogens is 270 g/mol. The highest BCUT2D eigenvalue weighted by molar-refractivity contribution is 6.23. The van der Waals surface area contributed by atoms with Gasteiger partial charge in [-0.25, -0.2) is 0 Å². The Kier molecular flexibility index (Phi) is 4.26. The van der Waals surface area contributed by atoms with E-state index < -0.39 is 5.91 Å². The highest BCUT2D eigenvalue weighted by Gasteiger charge is 2.36. The van der Waals surface area contributed by atoms with Gasteiger partial charge in [-0.2, -0.15) is 0 Å². The van der Waals surface area contributed by atoms with Crippen LogP contribution in [0.5, 0.6) is 0 Å². The van der Waals surface area contributed by atoms with Gasteiger partial charge in [0.1, 0.15) is 0 Å². The molecule has 1 aromatic rings. The lowest BCUT2D eigenvalue weighted by Gasteiger charge is -2.20. The molecule has 0 saturated carbocycles. The van der Waals surface area contributed by atoms with E-state index in [4.69, 9.17) is 5.73 Å². The van der Waals surface area contributed by atoms with Crippen LogP contribution in [0, 0.1) is 0 Å². The van der Waals surface area contributed by atoms with Crippen molar-refractivity contribution in [3.63, 3.8) is 0 Å². The number of benzene rings is 1. The predicted molar refractivity (Wildman–Crippen MR) is 78.8 cm³/mol. The molecule has 6 nitrogen and oxygen atoms in total. The molecule has 2 N–H and O–H groups in total. The van der Waals surface area contributed by atoms with Crippen LogP contribution in [0.3, 0.4) is 0 Å². The number of rotatable bonds is 5. The Morgan fingerprint density at radius 3 is 2.43 bits per heavy atom. The minimum absolute atomic E-state index is 0.0653. The number of carbonyl (C=O) groups excluding carboxylic acids is 3. The first-order valence-corrected chi connectivity index (χ1v) is 7.03. The molecule has 0 bridgehead atoms. The Balaban J connectivity index is 2.11. The fourth-order valence-corrected chi connectivity index (χ4v) is 2.50. The average molecular weight is 289 g/mol. The van der Waals surface area contributed by atoms with Gasteiger partial charge in [-0.05, 0) is 26.0 Å². The molecule has 0 unspecified atom stereocenters. The minimum atomic E-state index is -0.416. The summed E-state index contributed by atoms with van der Waals surface area (Å²) in [5, 5.41) is 0. The quantitative estimate of drug-likeness (QED) is 0.650. The second-order valence-corrected chi connectivity index (χ2v) is 4.85. The van der Waals surface area contributed by atoms with Crippen molar-refractivity contribution in [3.8, 4) is 0 Å².